The highest BCUT2D eigenvalue weighted by molar-refractivity contribution is 5.93. The van der Waals surface area contributed by atoms with E-state index in [1.807, 2.05) is 0 Å². The van der Waals surface area contributed by atoms with Crippen LogP contribution in [0.3, 0.4) is 0 Å². The maximum absolute atomic E-state index is 13.5. The van der Waals surface area contributed by atoms with Crippen LogP contribution in [0.4, 0.5) is 19.0 Å². The second-order valence-electron chi connectivity index (χ2n) is 6.02. The van der Waals surface area contributed by atoms with Crippen molar-refractivity contribution in [3.63, 3.8) is 0 Å². The number of alkyl halides is 3. The molecule has 2 heterocycles. The Morgan fingerprint density at radius 3 is 2.56 bits per heavy atom. The molecule has 27 heavy (non-hydrogen) atoms. The number of carbonyl (C=O) groups excluding carboxylic acids is 2. The van der Waals surface area contributed by atoms with E-state index in [1.54, 1.807) is 6.92 Å². The van der Waals surface area contributed by atoms with Gasteiger partial charge in [0.1, 0.15) is 5.76 Å². The van der Waals surface area contributed by atoms with E-state index in [1.165, 1.54) is 19.3 Å². The fraction of sp³-hybridized carbons (Fsp3) is 0.467. The van der Waals surface area contributed by atoms with E-state index < -0.39 is 42.4 Å². The Morgan fingerprint density at radius 1 is 1.41 bits per heavy atom. The standard InChI is InChI=1S/C15H18F3N5O4/c1-9-6-10(21-27-9)20-11(24)8-23(3)12(25)7-14(26,15(16,17)18)13-19-4-5-22(13)2/h4-6,26H,7-8H2,1-3H3,(H,20,21,24). The van der Waals surface area contributed by atoms with Gasteiger partial charge in [-0.1, -0.05) is 5.16 Å². The number of nitrogens with zero attached hydrogens (tertiary/aromatic N) is 4. The molecule has 1 atom stereocenters. The zero-order valence-electron chi connectivity index (χ0n) is 14.7. The summed E-state index contributed by atoms with van der Waals surface area (Å²) in [5.41, 5.74) is -3.49. The Bertz CT molecular complexity index is 832. The van der Waals surface area contributed by atoms with Crippen LogP contribution in [0.15, 0.2) is 23.0 Å². The van der Waals surface area contributed by atoms with Gasteiger partial charge >= 0.3 is 6.18 Å². The molecule has 0 fully saturated rings. The van der Waals surface area contributed by atoms with Crippen LogP contribution in [-0.4, -0.2) is 56.3 Å². The predicted octanol–water partition coefficient (Wildman–Crippen LogP) is 0.954. The van der Waals surface area contributed by atoms with Crippen LogP contribution in [0.1, 0.15) is 18.0 Å². The van der Waals surface area contributed by atoms with Crippen LogP contribution in [0.25, 0.3) is 0 Å². The van der Waals surface area contributed by atoms with E-state index in [-0.39, 0.29) is 5.82 Å². The van der Waals surface area contributed by atoms with Crippen molar-refractivity contribution in [2.24, 2.45) is 7.05 Å². The van der Waals surface area contributed by atoms with E-state index in [4.69, 9.17) is 4.52 Å². The molecule has 12 heteroatoms. The average molecular weight is 389 g/mol. The first-order valence-electron chi connectivity index (χ1n) is 7.68. The summed E-state index contributed by atoms with van der Waals surface area (Å²) in [6.07, 6.45) is -4.18. The van der Waals surface area contributed by atoms with Gasteiger partial charge in [-0.05, 0) is 6.92 Å². The number of carbonyl (C=O) groups is 2. The maximum Gasteiger partial charge on any atom is 0.425 e. The molecule has 0 aromatic carbocycles. The van der Waals surface area contributed by atoms with Gasteiger partial charge in [-0.15, -0.1) is 0 Å². The van der Waals surface area contributed by atoms with Crippen LogP contribution in [-0.2, 0) is 22.2 Å². The van der Waals surface area contributed by atoms with E-state index >= 15 is 0 Å². The highest BCUT2D eigenvalue weighted by Gasteiger charge is 2.58. The number of halogens is 3. The van der Waals surface area contributed by atoms with Crippen LogP contribution in [0.5, 0.6) is 0 Å². The highest BCUT2D eigenvalue weighted by Crippen LogP contribution is 2.41. The minimum absolute atomic E-state index is 0.109. The maximum atomic E-state index is 13.5. The first kappa shape index (κ1) is 20.4. The topological polar surface area (TPSA) is 113 Å². The van der Waals surface area contributed by atoms with Gasteiger partial charge in [0.05, 0.1) is 13.0 Å². The lowest BCUT2D eigenvalue weighted by atomic mass is 9.97. The molecule has 0 bridgehead atoms. The largest absolute Gasteiger partial charge is 0.425 e. The number of imidazole rings is 1. The summed E-state index contributed by atoms with van der Waals surface area (Å²) in [5, 5.41) is 16.1. The van der Waals surface area contributed by atoms with Crippen molar-refractivity contribution in [3.05, 3.63) is 30.0 Å². The van der Waals surface area contributed by atoms with E-state index in [2.05, 4.69) is 15.5 Å². The fourth-order valence-corrected chi connectivity index (χ4v) is 2.34. The molecule has 148 valence electrons. The molecule has 0 aliphatic heterocycles. The SMILES string of the molecule is Cc1cc(NC(=O)CN(C)C(=O)CC(O)(c2nccn2C)C(F)(F)F)no1. The van der Waals surface area contributed by atoms with Crippen LogP contribution < -0.4 is 5.32 Å². The number of aryl methyl sites for hydroxylation is 2. The van der Waals surface area contributed by atoms with Crippen LogP contribution in [0.2, 0.25) is 0 Å². The smallest absolute Gasteiger partial charge is 0.374 e. The molecule has 0 saturated carbocycles. The molecule has 2 amide bonds. The number of hydrogen-bond donors (Lipinski definition) is 2. The van der Waals surface area contributed by atoms with Gasteiger partial charge in [-0.3, -0.25) is 9.59 Å². The van der Waals surface area contributed by atoms with Crippen molar-refractivity contribution >= 4 is 17.6 Å². The summed E-state index contributed by atoms with van der Waals surface area (Å²) in [6.45, 7) is 1.06. The molecule has 1 unspecified atom stereocenters. The molecule has 0 saturated heterocycles. The Morgan fingerprint density at radius 2 is 2.07 bits per heavy atom. The molecule has 2 N–H and O–H groups in total. The number of nitrogens with one attached hydrogen (secondary N) is 1. The summed E-state index contributed by atoms with van der Waals surface area (Å²) in [7, 11) is 2.41. The van der Waals surface area contributed by atoms with Crippen LogP contribution in [0, 0.1) is 6.92 Å². The minimum Gasteiger partial charge on any atom is -0.374 e. The molecule has 2 aromatic rings. The number of rotatable bonds is 6. The van der Waals surface area contributed by atoms with Gasteiger partial charge in [0.2, 0.25) is 17.4 Å². The second kappa shape index (κ2) is 7.39. The molecule has 0 aliphatic rings. The van der Waals surface area contributed by atoms with Gasteiger partial charge in [-0.2, -0.15) is 13.2 Å². The monoisotopic (exact) mass is 389 g/mol. The summed E-state index contributed by atoms with van der Waals surface area (Å²) < 4.78 is 46.1. The van der Waals surface area contributed by atoms with Crippen molar-refractivity contribution in [1.82, 2.24) is 19.6 Å². The zero-order chi connectivity index (χ0) is 20.4. The number of aliphatic hydroxyl groups is 1. The van der Waals surface area contributed by atoms with Crippen molar-refractivity contribution in [2.45, 2.75) is 25.1 Å². The van der Waals surface area contributed by atoms with Gasteiger partial charge in [0.15, 0.2) is 11.6 Å². The normalized spacial score (nSPS) is 13.9. The van der Waals surface area contributed by atoms with Crippen molar-refractivity contribution in [3.8, 4) is 0 Å². The molecule has 0 spiro atoms. The Hall–Kier alpha value is -2.89. The molecule has 2 rings (SSSR count). The highest BCUT2D eigenvalue weighted by atomic mass is 19.4. The molecular formula is C15H18F3N5O4. The van der Waals surface area contributed by atoms with E-state index in [0.29, 0.717) is 5.76 Å². The summed E-state index contributed by atoms with van der Waals surface area (Å²) in [4.78, 5) is 28.4. The molecule has 2 aromatic heterocycles. The Balaban J connectivity index is 2.08. The van der Waals surface area contributed by atoms with E-state index in [0.717, 1.165) is 22.7 Å². The van der Waals surface area contributed by atoms with Gasteiger partial charge in [-0.25, -0.2) is 4.98 Å². The lowest BCUT2D eigenvalue weighted by Crippen LogP contribution is -2.48. The minimum atomic E-state index is -5.15. The fourth-order valence-electron chi connectivity index (χ4n) is 2.34. The van der Waals surface area contributed by atoms with Gasteiger partial charge in [0.25, 0.3) is 0 Å². The third-order valence-electron chi connectivity index (χ3n) is 3.77. The number of likely N-dealkylation sites (N-methyl/N-ethyl adjacent to an activating group) is 1. The van der Waals surface area contributed by atoms with Crippen LogP contribution >= 0.6 is 0 Å². The third kappa shape index (κ3) is 4.45. The predicted molar refractivity (Wildman–Crippen MR) is 85.3 cm³/mol. The number of aromatic nitrogens is 3. The quantitative estimate of drug-likeness (QED) is 0.761. The first-order valence-corrected chi connectivity index (χ1v) is 7.68. The number of anilines is 1. The zero-order valence-corrected chi connectivity index (χ0v) is 14.7. The lowest BCUT2D eigenvalue weighted by molar-refractivity contribution is -0.271. The first-order chi connectivity index (χ1) is 12.4. The average Bonchev–Trinajstić information content (AvgIpc) is 3.14. The van der Waals surface area contributed by atoms with Gasteiger partial charge in [0, 0.05) is 32.6 Å². The summed E-state index contributed by atoms with van der Waals surface area (Å²) >= 11 is 0. The molecule has 0 radical (unpaired) electrons. The second-order valence-corrected chi connectivity index (χ2v) is 6.02. The Labute approximate surface area is 151 Å². The molecule has 9 nitrogen and oxygen atoms in total. The Kier molecular flexibility index (Phi) is 5.59. The number of amides is 2. The van der Waals surface area contributed by atoms with Crippen molar-refractivity contribution < 1.29 is 32.4 Å². The summed E-state index contributed by atoms with van der Waals surface area (Å²) in [6, 6.07) is 1.43. The summed E-state index contributed by atoms with van der Waals surface area (Å²) in [5.74, 6) is -1.95. The number of hydrogen-bond acceptors (Lipinski definition) is 6. The van der Waals surface area contributed by atoms with E-state index in [9.17, 15) is 27.9 Å². The lowest BCUT2D eigenvalue weighted by Gasteiger charge is -2.30. The molecule has 0 aliphatic carbocycles. The third-order valence-corrected chi connectivity index (χ3v) is 3.77. The van der Waals surface area contributed by atoms with Gasteiger partial charge < -0.3 is 24.4 Å². The molecular weight excluding hydrogens is 371 g/mol. The van der Waals surface area contributed by atoms with Crippen molar-refractivity contribution in [2.75, 3.05) is 18.9 Å². The van der Waals surface area contributed by atoms with Crippen molar-refractivity contribution in [1.29, 1.82) is 0 Å².